The van der Waals surface area contributed by atoms with Crippen molar-refractivity contribution in [1.29, 1.82) is 0 Å². The minimum atomic E-state index is 0.379. The molecule has 0 saturated heterocycles. The van der Waals surface area contributed by atoms with Gasteiger partial charge in [-0.2, -0.15) is 0 Å². The van der Waals surface area contributed by atoms with Crippen LogP contribution in [0.4, 0.5) is 0 Å². The number of aromatic nitrogens is 3. The lowest BCUT2D eigenvalue weighted by Gasteiger charge is -2.28. The Labute approximate surface area is 154 Å². The summed E-state index contributed by atoms with van der Waals surface area (Å²) in [5.74, 6) is 2.24. The molecule has 1 aliphatic rings. The Morgan fingerprint density at radius 2 is 2.12 bits per heavy atom. The summed E-state index contributed by atoms with van der Waals surface area (Å²) >= 11 is 0. The standard InChI is InChI=1S/C21H26N4O/c1-14(2)21-22-10-15-12-25(8-7-19(15)23-21)13-16-11-24(3)20-6-5-17(26-4)9-18(16)20/h5-6,9-11,14H,7-8,12-13H2,1-4H3. The molecule has 0 N–H and O–H groups in total. The van der Waals surface area contributed by atoms with Gasteiger partial charge in [-0.1, -0.05) is 13.8 Å². The van der Waals surface area contributed by atoms with Gasteiger partial charge in [0.25, 0.3) is 0 Å². The van der Waals surface area contributed by atoms with Gasteiger partial charge in [-0.25, -0.2) is 9.97 Å². The highest BCUT2D eigenvalue weighted by Crippen LogP contribution is 2.28. The van der Waals surface area contributed by atoms with Gasteiger partial charge in [0.2, 0.25) is 0 Å². The third-order valence-corrected chi connectivity index (χ3v) is 5.22. The summed E-state index contributed by atoms with van der Waals surface area (Å²) in [5, 5.41) is 1.27. The lowest BCUT2D eigenvalue weighted by atomic mass is 10.1. The van der Waals surface area contributed by atoms with Crippen LogP contribution in [-0.4, -0.2) is 33.1 Å². The van der Waals surface area contributed by atoms with Crippen LogP contribution in [0.1, 0.15) is 42.4 Å². The second kappa shape index (κ2) is 6.72. The summed E-state index contributed by atoms with van der Waals surface area (Å²) in [4.78, 5) is 11.8. The monoisotopic (exact) mass is 350 g/mol. The maximum atomic E-state index is 5.41. The molecule has 4 rings (SSSR count). The van der Waals surface area contributed by atoms with E-state index in [-0.39, 0.29) is 0 Å². The van der Waals surface area contributed by atoms with Gasteiger partial charge in [-0.15, -0.1) is 0 Å². The first kappa shape index (κ1) is 17.0. The summed E-state index contributed by atoms with van der Waals surface area (Å²) in [7, 11) is 3.82. The fraction of sp³-hybridized carbons (Fsp3) is 0.429. The van der Waals surface area contributed by atoms with Crippen molar-refractivity contribution in [2.75, 3.05) is 13.7 Å². The second-order valence-corrected chi connectivity index (χ2v) is 7.46. The van der Waals surface area contributed by atoms with Crippen LogP contribution in [0.3, 0.4) is 0 Å². The van der Waals surface area contributed by atoms with E-state index in [2.05, 4.69) is 53.7 Å². The molecule has 0 bridgehead atoms. The van der Waals surface area contributed by atoms with Crippen LogP contribution in [0, 0.1) is 0 Å². The number of aryl methyl sites for hydroxylation is 1. The zero-order valence-corrected chi connectivity index (χ0v) is 16.0. The number of hydrogen-bond donors (Lipinski definition) is 0. The van der Waals surface area contributed by atoms with E-state index in [9.17, 15) is 0 Å². The van der Waals surface area contributed by atoms with Gasteiger partial charge in [-0.3, -0.25) is 4.90 Å². The number of ether oxygens (including phenoxy) is 1. The molecule has 0 aliphatic carbocycles. The molecule has 1 aromatic carbocycles. The first-order valence-corrected chi connectivity index (χ1v) is 9.24. The van der Waals surface area contributed by atoms with Gasteiger partial charge < -0.3 is 9.30 Å². The molecule has 0 radical (unpaired) electrons. The van der Waals surface area contributed by atoms with Gasteiger partial charge in [-0.05, 0) is 23.8 Å². The third-order valence-electron chi connectivity index (χ3n) is 5.22. The quantitative estimate of drug-likeness (QED) is 0.720. The van der Waals surface area contributed by atoms with E-state index in [1.807, 2.05) is 12.3 Å². The first-order chi connectivity index (χ1) is 12.5. The van der Waals surface area contributed by atoms with Crippen LogP contribution in [0.15, 0.2) is 30.6 Å². The van der Waals surface area contributed by atoms with E-state index in [1.165, 1.54) is 27.7 Å². The van der Waals surface area contributed by atoms with Crippen LogP contribution in [-0.2, 0) is 26.6 Å². The lowest BCUT2D eigenvalue weighted by molar-refractivity contribution is 0.243. The molecule has 0 saturated carbocycles. The van der Waals surface area contributed by atoms with Crippen LogP contribution >= 0.6 is 0 Å². The molecule has 0 spiro atoms. The zero-order chi connectivity index (χ0) is 18.3. The van der Waals surface area contributed by atoms with E-state index in [0.29, 0.717) is 5.92 Å². The molecule has 0 atom stereocenters. The SMILES string of the molecule is COc1ccc2c(c1)c(CN1CCc3nc(C(C)C)ncc3C1)cn2C. The number of rotatable bonds is 4. The van der Waals surface area contributed by atoms with E-state index >= 15 is 0 Å². The molecule has 3 heterocycles. The Morgan fingerprint density at radius 3 is 2.88 bits per heavy atom. The van der Waals surface area contributed by atoms with Gasteiger partial charge in [0.1, 0.15) is 11.6 Å². The van der Waals surface area contributed by atoms with E-state index in [0.717, 1.165) is 37.6 Å². The molecule has 1 aliphatic heterocycles. The van der Waals surface area contributed by atoms with Crippen LogP contribution in [0.2, 0.25) is 0 Å². The van der Waals surface area contributed by atoms with Crippen molar-refractivity contribution in [3.05, 3.63) is 53.2 Å². The predicted octanol–water partition coefficient (Wildman–Crippen LogP) is 3.66. The minimum Gasteiger partial charge on any atom is -0.497 e. The van der Waals surface area contributed by atoms with Crippen molar-refractivity contribution >= 4 is 10.9 Å². The molecule has 136 valence electrons. The molecule has 0 amide bonds. The van der Waals surface area contributed by atoms with Crippen molar-refractivity contribution in [2.24, 2.45) is 7.05 Å². The van der Waals surface area contributed by atoms with Crippen LogP contribution < -0.4 is 4.74 Å². The second-order valence-electron chi connectivity index (χ2n) is 7.46. The Kier molecular flexibility index (Phi) is 4.41. The molecular formula is C21H26N4O. The summed E-state index contributed by atoms with van der Waals surface area (Å²) in [6.07, 6.45) is 5.25. The molecule has 5 nitrogen and oxygen atoms in total. The smallest absolute Gasteiger partial charge is 0.131 e. The van der Waals surface area contributed by atoms with Crippen molar-refractivity contribution in [1.82, 2.24) is 19.4 Å². The highest BCUT2D eigenvalue weighted by molar-refractivity contribution is 5.85. The Bertz CT molecular complexity index is 945. The van der Waals surface area contributed by atoms with Crippen molar-refractivity contribution in [3.8, 4) is 5.75 Å². The maximum absolute atomic E-state index is 5.41. The van der Waals surface area contributed by atoms with Crippen LogP contribution in [0.5, 0.6) is 5.75 Å². The number of nitrogens with zero attached hydrogens (tertiary/aromatic N) is 4. The highest BCUT2D eigenvalue weighted by atomic mass is 16.5. The fourth-order valence-corrected chi connectivity index (χ4v) is 3.75. The minimum absolute atomic E-state index is 0.379. The number of benzene rings is 1. The van der Waals surface area contributed by atoms with Crippen LogP contribution in [0.25, 0.3) is 10.9 Å². The molecule has 0 fully saturated rings. The third kappa shape index (κ3) is 3.07. The average molecular weight is 350 g/mol. The Morgan fingerprint density at radius 1 is 1.27 bits per heavy atom. The van der Waals surface area contributed by atoms with Crippen molar-refractivity contribution in [2.45, 2.75) is 39.3 Å². The van der Waals surface area contributed by atoms with E-state index < -0.39 is 0 Å². The molecule has 2 aromatic heterocycles. The van der Waals surface area contributed by atoms with Gasteiger partial charge in [0.05, 0.1) is 7.11 Å². The lowest BCUT2D eigenvalue weighted by Crippen LogP contribution is -2.31. The highest BCUT2D eigenvalue weighted by Gasteiger charge is 2.20. The maximum Gasteiger partial charge on any atom is 0.131 e. The summed E-state index contributed by atoms with van der Waals surface area (Å²) in [5.41, 5.74) is 5.06. The van der Waals surface area contributed by atoms with Gasteiger partial charge >= 0.3 is 0 Å². The first-order valence-electron chi connectivity index (χ1n) is 9.24. The molecule has 26 heavy (non-hydrogen) atoms. The van der Waals surface area contributed by atoms with E-state index in [4.69, 9.17) is 9.72 Å². The molecular weight excluding hydrogens is 324 g/mol. The summed E-state index contributed by atoms with van der Waals surface area (Å²) in [6, 6.07) is 6.29. The van der Waals surface area contributed by atoms with E-state index in [1.54, 1.807) is 7.11 Å². The topological polar surface area (TPSA) is 43.2 Å². The summed E-state index contributed by atoms with van der Waals surface area (Å²) < 4.78 is 7.61. The molecule has 5 heteroatoms. The Balaban J connectivity index is 1.58. The van der Waals surface area contributed by atoms with Gasteiger partial charge in [0, 0.05) is 73.6 Å². The van der Waals surface area contributed by atoms with Gasteiger partial charge in [0.15, 0.2) is 0 Å². The normalized spacial score (nSPS) is 14.8. The number of methoxy groups -OCH3 is 1. The largest absolute Gasteiger partial charge is 0.497 e. The van der Waals surface area contributed by atoms with Crippen molar-refractivity contribution < 1.29 is 4.74 Å². The zero-order valence-electron chi connectivity index (χ0n) is 16.0. The average Bonchev–Trinajstić information content (AvgIpc) is 2.96. The number of hydrogen-bond acceptors (Lipinski definition) is 4. The molecule has 3 aromatic rings. The predicted molar refractivity (Wildman–Crippen MR) is 103 cm³/mol. The summed E-state index contributed by atoms with van der Waals surface area (Å²) in [6.45, 7) is 7.16. The Hall–Kier alpha value is -2.40. The van der Waals surface area contributed by atoms with Crippen molar-refractivity contribution in [3.63, 3.8) is 0 Å². The molecule has 0 unspecified atom stereocenters. The fourth-order valence-electron chi connectivity index (χ4n) is 3.75. The number of fused-ring (bicyclic) bond motifs is 2.